The van der Waals surface area contributed by atoms with Gasteiger partial charge in [-0.3, -0.25) is 0 Å². The molecule has 0 heterocycles. The molecule has 0 aromatic rings. The number of amides is 1. The fraction of sp³-hybridized carbons (Fsp3) is 0.952. The van der Waals surface area contributed by atoms with Crippen molar-refractivity contribution in [3.63, 3.8) is 0 Å². The fourth-order valence-electron chi connectivity index (χ4n) is 2.69. The standard InChI is InChI=1S/C21H43NO6S/c23-12-15-26-14-11-22-21(24)28-19-18-27-17-16-25-13-9-7-5-3-1-2-4-6-8-10-20-29/h23,29H,1-20H2,(H,22,24). The summed E-state index contributed by atoms with van der Waals surface area (Å²) in [6.45, 7) is 3.36. The molecule has 0 atom stereocenters. The number of rotatable bonds is 23. The Morgan fingerprint density at radius 3 is 1.79 bits per heavy atom. The summed E-state index contributed by atoms with van der Waals surface area (Å²) in [5, 5.41) is 11.1. The number of carbonyl (C=O) groups is 1. The van der Waals surface area contributed by atoms with Crippen molar-refractivity contribution < 1.29 is 28.8 Å². The van der Waals surface area contributed by atoms with Gasteiger partial charge >= 0.3 is 6.09 Å². The van der Waals surface area contributed by atoms with E-state index in [0.29, 0.717) is 33.0 Å². The van der Waals surface area contributed by atoms with Crippen LogP contribution in [-0.2, 0) is 18.9 Å². The van der Waals surface area contributed by atoms with Gasteiger partial charge < -0.3 is 29.4 Å². The molecule has 2 N–H and O–H groups in total. The van der Waals surface area contributed by atoms with E-state index in [4.69, 9.17) is 24.1 Å². The van der Waals surface area contributed by atoms with Crippen LogP contribution in [0.4, 0.5) is 4.79 Å². The molecule has 7 nitrogen and oxygen atoms in total. The molecule has 0 saturated carbocycles. The van der Waals surface area contributed by atoms with Crippen LogP contribution in [0.1, 0.15) is 64.2 Å². The first-order chi connectivity index (χ1) is 14.3. The Labute approximate surface area is 182 Å². The summed E-state index contributed by atoms with van der Waals surface area (Å²) in [4.78, 5) is 11.3. The van der Waals surface area contributed by atoms with Gasteiger partial charge in [-0.2, -0.15) is 12.6 Å². The Hall–Kier alpha value is -0.540. The van der Waals surface area contributed by atoms with Gasteiger partial charge in [-0.1, -0.05) is 51.4 Å². The highest BCUT2D eigenvalue weighted by molar-refractivity contribution is 7.80. The molecule has 0 rings (SSSR count). The Kier molecular flexibility index (Phi) is 25.0. The van der Waals surface area contributed by atoms with Crippen molar-refractivity contribution in [1.29, 1.82) is 0 Å². The molecular weight excluding hydrogens is 394 g/mol. The maximum atomic E-state index is 11.3. The molecule has 0 unspecified atom stereocenters. The molecule has 0 aliphatic rings. The Bertz CT molecular complexity index is 336. The van der Waals surface area contributed by atoms with Gasteiger partial charge in [-0.05, 0) is 18.6 Å². The molecule has 174 valence electrons. The second kappa shape index (κ2) is 25.5. The molecule has 0 aromatic carbocycles. The van der Waals surface area contributed by atoms with E-state index < -0.39 is 6.09 Å². The van der Waals surface area contributed by atoms with Crippen LogP contribution in [0.2, 0.25) is 0 Å². The van der Waals surface area contributed by atoms with Gasteiger partial charge in [0, 0.05) is 13.2 Å². The molecule has 0 radical (unpaired) electrons. The minimum Gasteiger partial charge on any atom is -0.447 e. The third-order valence-corrected chi connectivity index (χ3v) is 4.60. The van der Waals surface area contributed by atoms with Gasteiger partial charge in [0.25, 0.3) is 0 Å². The highest BCUT2D eigenvalue weighted by Crippen LogP contribution is 2.10. The number of alkyl carbamates (subject to hydrolysis) is 1. The van der Waals surface area contributed by atoms with E-state index in [1.165, 1.54) is 57.8 Å². The van der Waals surface area contributed by atoms with Crippen LogP contribution in [0.5, 0.6) is 0 Å². The molecule has 0 saturated heterocycles. The molecule has 0 aromatic heterocycles. The summed E-state index contributed by atoms with van der Waals surface area (Å²) in [7, 11) is 0. The first kappa shape index (κ1) is 28.5. The lowest BCUT2D eigenvalue weighted by molar-refractivity contribution is 0.0267. The molecule has 0 spiro atoms. The molecule has 8 heteroatoms. The monoisotopic (exact) mass is 437 g/mol. The lowest BCUT2D eigenvalue weighted by atomic mass is 10.1. The quantitative estimate of drug-likeness (QED) is 0.167. The largest absolute Gasteiger partial charge is 0.447 e. The van der Waals surface area contributed by atoms with Gasteiger partial charge in [0.1, 0.15) is 6.61 Å². The van der Waals surface area contributed by atoms with Crippen LogP contribution in [0.15, 0.2) is 0 Å². The van der Waals surface area contributed by atoms with Crippen molar-refractivity contribution in [3.05, 3.63) is 0 Å². The zero-order valence-corrected chi connectivity index (χ0v) is 19.0. The summed E-state index contributed by atoms with van der Waals surface area (Å²) in [5.74, 6) is 1.02. The number of aliphatic hydroxyl groups is 1. The van der Waals surface area contributed by atoms with Crippen LogP contribution in [0.3, 0.4) is 0 Å². The number of ether oxygens (including phenoxy) is 4. The van der Waals surface area contributed by atoms with Gasteiger partial charge in [0.05, 0.1) is 39.6 Å². The number of carbonyl (C=O) groups excluding carboxylic acids is 1. The average molecular weight is 438 g/mol. The maximum Gasteiger partial charge on any atom is 0.407 e. The number of nitrogens with one attached hydrogen (secondary N) is 1. The molecule has 29 heavy (non-hydrogen) atoms. The topological polar surface area (TPSA) is 86.3 Å². The predicted octanol–water partition coefficient (Wildman–Crippen LogP) is 3.59. The molecule has 0 aliphatic heterocycles. The Morgan fingerprint density at radius 2 is 1.17 bits per heavy atom. The third-order valence-electron chi connectivity index (χ3n) is 4.28. The smallest absolute Gasteiger partial charge is 0.407 e. The van der Waals surface area contributed by atoms with E-state index in [2.05, 4.69) is 17.9 Å². The number of hydrogen-bond acceptors (Lipinski definition) is 7. The van der Waals surface area contributed by atoms with Crippen LogP contribution in [0, 0.1) is 0 Å². The van der Waals surface area contributed by atoms with Crippen molar-refractivity contribution in [2.45, 2.75) is 64.2 Å². The first-order valence-corrected chi connectivity index (χ1v) is 11.8. The molecular formula is C21H43NO6S. The fourth-order valence-corrected chi connectivity index (χ4v) is 2.91. The second-order valence-electron chi connectivity index (χ2n) is 6.88. The Morgan fingerprint density at radius 1 is 0.655 bits per heavy atom. The van der Waals surface area contributed by atoms with Crippen LogP contribution in [-0.4, -0.2) is 76.4 Å². The van der Waals surface area contributed by atoms with Gasteiger partial charge in [-0.25, -0.2) is 4.79 Å². The zero-order valence-electron chi connectivity index (χ0n) is 18.1. The summed E-state index contributed by atoms with van der Waals surface area (Å²) in [6.07, 6.45) is 12.5. The summed E-state index contributed by atoms with van der Waals surface area (Å²) in [6, 6.07) is 0. The Balaban J connectivity index is 3.08. The SMILES string of the molecule is O=C(NCCOCCO)OCCOCCOCCCCCCCCCCCCS. The summed E-state index contributed by atoms with van der Waals surface area (Å²) < 4.78 is 20.9. The van der Waals surface area contributed by atoms with Crippen molar-refractivity contribution in [1.82, 2.24) is 5.32 Å². The van der Waals surface area contributed by atoms with Crippen molar-refractivity contribution in [2.24, 2.45) is 0 Å². The van der Waals surface area contributed by atoms with Crippen LogP contribution in [0.25, 0.3) is 0 Å². The third kappa shape index (κ3) is 25.4. The van der Waals surface area contributed by atoms with Gasteiger partial charge in [0.15, 0.2) is 0 Å². The molecule has 1 amide bonds. The van der Waals surface area contributed by atoms with Crippen molar-refractivity contribution in [2.75, 3.05) is 65.2 Å². The van der Waals surface area contributed by atoms with Crippen molar-refractivity contribution >= 4 is 18.7 Å². The highest BCUT2D eigenvalue weighted by atomic mass is 32.1. The number of unbranched alkanes of at least 4 members (excludes halogenated alkanes) is 9. The predicted molar refractivity (Wildman–Crippen MR) is 119 cm³/mol. The molecule has 0 aliphatic carbocycles. The number of thiol groups is 1. The van der Waals surface area contributed by atoms with E-state index in [0.717, 1.165) is 18.8 Å². The van der Waals surface area contributed by atoms with Crippen LogP contribution < -0.4 is 5.32 Å². The maximum absolute atomic E-state index is 11.3. The molecule has 0 bridgehead atoms. The van der Waals surface area contributed by atoms with E-state index in [-0.39, 0.29) is 19.8 Å². The second-order valence-corrected chi connectivity index (χ2v) is 7.33. The molecule has 0 fully saturated rings. The lowest BCUT2D eigenvalue weighted by Gasteiger charge is -2.08. The zero-order chi connectivity index (χ0) is 21.3. The van der Waals surface area contributed by atoms with Gasteiger partial charge in [-0.15, -0.1) is 0 Å². The lowest BCUT2D eigenvalue weighted by Crippen LogP contribution is -2.29. The van der Waals surface area contributed by atoms with E-state index in [1.807, 2.05) is 0 Å². The normalized spacial score (nSPS) is 11.0. The minimum atomic E-state index is -0.494. The van der Waals surface area contributed by atoms with E-state index >= 15 is 0 Å². The first-order valence-electron chi connectivity index (χ1n) is 11.2. The van der Waals surface area contributed by atoms with E-state index in [1.54, 1.807) is 0 Å². The minimum absolute atomic E-state index is 0.0247. The van der Waals surface area contributed by atoms with Crippen LogP contribution >= 0.6 is 12.6 Å². The average Bonchev–Trinajstić information content (AvgIpc) is 2.72. The van der Waals surface area contributed by atoms with Crippen molar-refractivity contribution in [3.8, 4) is 0 Å². The number of aliphatic hydroxyl groups excluding tert-OH is 1. The highest BCUT2D eigenvalue weighted by Gasteiger charge is 2.00. The van der Waals surface area contributed by atoms with Gasteiger partial charge in [0.2, 0.25) is 0 Å². The number of hydrogen-bond donors (Lipinski definition) is 3. The summed E-state index contributed by atoms with van der Waals surface area (Å²) in [5.41, 5.74) is 0. The summed E-state index contributed by atoms with van der Waals surface area (Å²) >= 11 is 4.23. The van der Waals surface area contributed by atoms with E-state index in [9.17, 15) is 4.79 Å².